The molecule has 0 spiro atoms. The summed E-state index contributed by atoms with van der Waals surface area (Å²) in [6.07, 6.45) is -3.54. The maximum atomic E-state index is 9.44. The second kappa shape index (κ2) is 3.87. The Morgan fingerprint density at radius 3 is 2.23 bits per heavy atom. The summed E-state index contributed by atoms with van der Waals surface area (Å²) in [6.45, 7) is -1.03. The van der Waals surface area contributed by atoms with E-state index in [1.807, 2.05) is 0 Å². The van der Waals surface area contributed by atoms with E-state index in [2.05, 4.69) is 0 Å². The van der Waals surface area contributed by atoms with Gasteiger partial charge in [-0.05, 0) is 0 Å². The Labute approximate surface area is 75.3 Å². The summed E-state index contributed by atoms with van der Waals surface area (Å²) in [6, 6.07) is 0. The molecular formula is C7H14O6. The summed E-state index contributed by atoms with van der Waals surface area (Å²) in [5.41, 5.74) is 0. The van der Waals surface area contributed by atoms with Crippen LogP contribution in [0.5, 0.6) is 0 Å². The minimum atomic E-state index is -1.62. The zero-order valence-electron chi connectivity index (χ0n) is 7.25. The van der Waals surface area contributed by atoms with Crippen molar-refractivity contribution in [1.82, 2.24) is 0 Å². The summed E-state index contributed by atoms with van der Waals surface area (Å²) in [4.78, 5) is 0. The first-order valence-corrected chi connectivity index (χ1v) is 3.92. The van der Waals surface area contributed by atoms with Crippen molar-refractivity contribution >= 4 is 0 Å². The maximum Gasteiger partial charge on any atom is 0.221 e. The Hall–Kier alpha value is -0.240. The normalized spacial score (nSPS) is 45.5. The van der Waals surface area contributed by atoms with E-state index in [1.165, 1.54) is 7.11 Å². The molecule has 0 aliphatic carbocycles. The number of hydrogen-bond donors (Lipinski definition) is 4. The van der Waals surface area contributed by atoms with Crippen molar-refractivity contribution in [1.29, 1.82) is 0 Å². The van der Waals surface area contributed by atoms with E-state index in [9.17, 15) is 10.2 Å². The zero-order chi connectivity index (χ0) is 10.1. The molecule has 6 heteroatoms. The van der Waals surface area contributed by atoms with Crippen molar-refractivity contribution in [3.8, 4) is 0 Å². The SMILES string of the molecule is CO[C@]1(CO)O[C@@H](CO)C(O)[C@H]1O. The van der Waals surface area contributed by atoms with Crippen molar-refractivity contribution in [3.63, 3.8) is 0 Å². The fourth-order valence-electron chi connectivity index (χ4n) is 1.37. The largest absolute Gasteiger partial charge is 0.394 e. The van der Waals surface area contributed by atoms with Gasteiger partial charge in [-0.2, -0.15) is 0 Å². The molecule has 1 aliphatic heterocycles. The van der Waals surface area contributed by atoms with Gasteiger partial charge in [-0.1, -0.05) is 0 Å². The molecule has 0 aromatic heterocycles. The molecule has 0 saturated carbocycles. The lowest BCUT2D eigenvalue weighted by molar-refractivity contribution is -0.263. The van der Waals surface area contributed by atoms with Gasteiger partial charge in [-0.25, -0.2) is 0 Å². The highest BCUT2D eigenvalue weighted by Gasteiger charge is 2.54. The van der Waals surface area contributed by atoms with Gasteiger partial charge in [0.25, 0.3) is 0 Å². The van der Waals surface area contributed by atoms with Gasteiger partial charge >= 0.3 is 0 Å². The van der Waals surface area contributed by atoms with Gasteiger partial charge in [0.15, 0.2) is 0 Å². The summed E-state index contributed by atoms with van der Waals surface area (Å²) < 4.78 is 9.77. The van der Waals surface area contributed by atoms with Gasteiger partial charge in [0, 0.05) is 7.11 Å². The van der Waals surface area contributed by atoms with Gasteiger partial charge in [0.2, 0.25) is 5.79 Å². The Morgan fingerprint density at radius 2 is 2.00 bits per heavy atom. The molecular weight excluding hydrogens is 180 g/mol. The van der Waals surface area contributed by atoms with E-state index < -0.39 is 37.3 Å². The molecule has 0 aromatic carbocycles. The molecule has 1 saturated heterocycles. The van der Waals surface area contributed by atoms with Crippen LogP contribution in [0.15, 0.2) is 0 Å². The lowest BCUT2D eigenvalue weighted by Gasteiger charge is -2.27. The topological polar surface area (TPSA) is 99.4 Å². The second-order valence-electron chi connectivity index (χ2n) is 2.95. The number of ether oxygens (including phenoxy) is 2. The van der Waals surface area contributed by atoms with Crippen molar-refractivity contribution < 1.29 is 29.9 Å². The fraction of sp³-hybridized carbons (Fsp3) is 1.00. The van der Waals surface area contributed by atoms with Crippen LogP contribution in [0.1, 0.15) is 0 Å². The van der Waals surface area contributed by atoms with Gasteiger partial charge < -0.3 is 29.9 Å². The van der Waals surface area contributed by atoms with Crippen LogP contribution in [-0.2, 0) is 9.47 Å². The zero-order valence-corrected chi connectivity index (χ0v) is 7.25. The molecule has 0 radical (unpaired) electrons. The van der Waals surface area contributed by atoms with Crippen LogP contribution in [-0.4, -0.2) is 64.8 Å². The Balaban J connectivity index is 2.79. The molecule has 1 unspecified atom stereocenters. The van der Waals surface area contributed by atoms with Crippen LogP contribution in [0.3, 0.4) is 0 Å². The van der Waals surface area contributed by atoms with E-state index >= 15 is 0 Å². The molecule has 0 bridgehead atoms. The summed E-state index contributed by atoms with van der Waals surface area (Å²) in [7, 11) is 1.24. The van der Waals surface area contributed by atoms with E-state index in [4.69, 9.17) is 19.7 Å². The molecule has 6 nitrogen and oxygen atoms in total. The molecule has 4 N–H and O–H groups in total. The van der Waals surface area contributed by atoms with Crippen LogP contribution in [0.25, 0.3) is 0 Å². The third kappa shape index (κ3) is 1.56. The van der Waals surface area contributed by atoms with Crippen LogP contribution in [0, 0.1) is 0 Å². The van der Waals surface area contributed by atoms with Gasteiger partial charge in [-0.3, -0.25) is 0 Å². The molecule has 4 atom stereocenters. The summed E-state index contributed by atoms with van der Waals surface area (Å²) in [5.74, 6) is -1.62. The lowest BCUT2D eigenvalue weighted by Crippen LogP contribution is -2.47. The number of methoxy groups -OCH3 is 1. The van der Waals surface area contributed by atoms with Crippen LogP contribution >= 0.6 is 0 Å². The fourth-order valence-corrected chi connectivity index (χ4v) is 1.37. The minimum Gasteiger partial charge on any atom is -0.394 e. The summed E-state index contributed by atoms with van der Waals surface area (Å²) in [5, 5.41) is 36.4. The van der Waals surface area contributed by atoms with Crippen LogP contribution in [0.4, 0.5) is 0 Å². The third-order valence-corrected chi connectivity index (χ3v) is 2.25. The van der Waals surface area contributed by atoms with E-state index in [-0.39, 0.29) is 0 Å². The van der Waals surface area contributed by atoms with Crippen molar-refractivity contribution in [2.75, 3.05) is 20.3 Å². The van der Waals surface area contributed by atoms with Crippen molar-refractivity contribution in [2.45, 2.75) is 24.1 Å². The van der Waals surface area contributed by atoms with Crippen LogP contribution in [0.2, 0.25) is 0 Å². The van der Waals surface area contributed by atoms with Gasteiger partial charge in [0.1, 0.15) is 24.9 Å². The van der Waals surface area contributed by atoms with Crippen LogP contribution < -0.4 is 0 Å². The minimum absolute atomic E-state index is 0.441. The first kappa shape index (κ1) is 10.8. The highest BCUT2D eigenvalue weighted by Crippen LogP contribution is 2.31. The van der Waals surface area contributed by atoms with Gasteiger partial charge in [-0.15, -0.1) is 0 Å². The quantitative estimate of drug-likeness (QED) is 0.394. The van der Waals surface area contributed by atoms with Crippen molar-refractivity contribution in [3.05, 3.63) is 0 Å². The van der Waals surface area contributed by atoms with E-state index in [0.717, 1.165) is 0 Å². The maximum absolute atomic E-state index is 9.44. The highest BCUT2D eigenvalue weighted by molar-refractivity contribution is 4.95. The van der Waals surface area contributed by atoms with E-state index in [0.29, 0.717) is 0 Å². The first-order valence-electron chi connectivity index (χ1n) is 3.92. The Morgan fingerprint density at radius 1 is 1.38 bits per heavy atom. The van der Waals surface area contributed by atoms with Gasteiger partial charge in [0.05, 0.1) is 6.61 Å². The molecule has 1 fully saturated rings. The second-order valence-corrected chi connectivity index (χ2v) is 2.95. The molecule has 13 heavy (non-hydrogen) atoms. The average molecular weight is 194 g/mol. The highest BCUT2D eigenvalue weighted by atomic mass is 16.7. The van der Waals surface area contributed by atoms with E-state index in [1.54, 1.807) is 0 Å². The molecule has 1 rings (SSSR count). The number of aliphatic hydroxyl groups is 4. The standard InChI is InChI=1S/C7H14O6/c1-12-7(3-9)6(11)5(10)4(2-8)13-7/h4-6,8-11H,2-3H2,1H3/t4-,5?,6+,7+/m0/s1. The molecule has 78 valence electrons. The Kier molecular flexibility index (Phi) is 3.23. The Bertz CT molecular complexity index is 168. The molecule has 1 aliphatic rings. The summed E-state index contributed by atoms with van der Waals surface area (Å²) >= 11 is 0. The third-order valence-electron chi connectivity index (χ3n) is 2.25. The van der Waals surface area contributed by atoms with Crippen molar-refractivity contribution in [2.24, 2.45) is 0 Å². The monoisotopic (exact) mass is 194 g/mol. The average Bonchev–Trinajstić information content (AvgIpc) is 2.42. The molecule has 0 amide bonds. The number of aliphatic hydroxyl groups excluding tert-OH is 4. The number of rotatable bonds is 3. The predicted octanol–water partition coefficient (Wildman–Crippen LogP) is -2.57. The predicted molar refractivity (Wildman–Crippen MR) is 40.8 cm³/mol. The molecule has 0 aromatic rings. The smallest absolute Gasteiger partial charge is 0.221 e. The molecule has 1 heterocycles. The number of hydrogen-bond acceptors (Lipinski definition) is 6. The lowest BCUT2D eigenvalue weighted by atomic mass is 10.1. The first-order chi connectivity index (χ1) is 6.11.